The zero-order valence-corrected chi connectivity index (χ0v) is 8.68. The van der Waals surface area contributed by atoms with Crippen LogP contribution in [0.15, 0.2) is 18.2 Å². The molecular formula is C12H12O4. The highest BCUT2D eigenvalue weighted by Crippen LogP contribution is 2.49. The van der Waals surface area contributed by atoms with Crippen LogP contribution in [0, 0.1) is 5.92 Å². The number of aliphatic carboxylic acids is 1. The van der Waals surface area contributed by atoms with Crippen molar-refractivity contribution >= 4 is 5.97 Å². The first-order valence-electron chi connectivity index (χ1n) is 5.38. The van der Waals surface area contributed by atoms with Gasteiger partial charge in [0.1, 0.15) is 13.2 Å². The lowest BCUT2D eigenvalue weighted by atomic mass is 10.1. The number of carboxylic acid groups (broad SMARTS) is 1. The second-order valence-electron chi connectivity index (χ2n) is 4.19. The van der Waals surface area contributed by atoms with E-state index in [1.54, 1.807) is 0 Å². The van der Waals surface area contributed by atoms with Gasteiger partial charge in [-0.15, -0.1) is 0 Å². The summed E-state index contributed by atoms with van der Waals surface area (Å²) >= 11 is 0. The van der Waals surface area contributed by atoms with Gasteiger partial charge in [0.05, 0.1) is 5.92 Å². The van der Waals surface area contributed by atoms with E-state index in [9.17, 15) is 4.79 Å². The predicted molar refractivity (Wildman–Crippen MR) is 55.9 cm³/mol. The Hall–Kier alpha value is -1.71. The molecule has 0 aromatic heterocycles. The minimum Gasteiger partial charge on any atom is -0.486 e. The van der Waals surface area contributed by atoms with Gasteiger partial charge in [-0.3, -0.25) is 4.79 Å². The minimum absolute atomic E-state index is 0.147. The Bertz CT molecular complexity index is 441. The lowest BCUT2D eigenvalue weighted by Crippen LogP contribution is -2.15. The minimum atomic E-state index is -0.708. The van der Waals surface area contributed by atoms with E-state index in [0.29, 0.717) is 13.2 Å². The standard InChI is InChI=1S/C12H12O4/c13-12(14)9-6-8(9)7-1-2-10-11(5-7)16-4-3-15-10/h1-2,5,8-9H,3-4,6H2,(H,13,14)/t8-,9+/m0/s1. The van der Waals surface area contributed by atoms with Crippen LogP contribution in [-0.2, 0) is 4.79 Å². The fourth-order valence-corrected chi connectivity index (χ4v) is 2.13. The Morgan fingerprint density at radius 2 is 2.00 bits per heavy atom. The van der Waals surface area contributed by atoms with Crippen molar-refractivity contribution in [1.29, 1.82) is 0 Å². The number of carboxylic acids is 1. The molecule has 1 heterocycles. The molecule has 1 aromatic rings. The van der Waals surface area contributed by atoms with E-state index in [4.69, 9.17) is 14.6 Å². The third kappa shape index (κ3) is 1.50. The maximum atomic E-state index is 10.8. The molecule has 3 rings (SSSR count). The Morgan fingerprint density at radius 1 is 1.25 bits per heavy atom. The molecule has 0 saturated heterocycles. The van der Waals surface area contributed by atoms with Crippen molar-refractivity contribution in [2.45, 2.75) is 12.3 Å². The van der Waals surface area contributed by atoms with Crippen molar-refractivity contribution in [3.8, 4) is 11.5 Å². The number of ether oxygens (including phenoxy) is 2. The quantitative estimate of drug-likeness (QED) is 0.823. The van der Waals surface area contributed by atoms with Crippen LogP contribution >= 0.6 is 0 Å². The van der Waals surface area contributed by atoms with Gasteiger partial charge in [-0.1, -0.05) is 6.07 Å². The SMILES string of the molecule is O=C(O)[C@@H]1C[C@H]1c1ccc2c(c1)OCCO2. The molecule has 1 aliphatic carbocycles. The summed E-state index contributed by atoms with van der Waals surface area (Å²) in [4.78, 5) is 10.8. The van der Waals surface area contributed by atoms with E-state index in [0.717, 1.165) is 23.5 Å². The monoisotopic (exact) mass is 220 g/mol. The van der Waals surface area contributed by atoms with Gasteiger partial charge in [-0.2, -0.15) is 0 Å². The van der Waals surface area contributed by atoms with Crippen LogP contribution in [0.4, 0.5) is 0 Å². The largest absolute Gasteiger partial charge is 0.486 e. The van der Waals surface area contributed by atoms with E-state index in [1.165, 1.54) is 0 Å². The molecule has 0 amide bonds. The lowest BCUT2D eigenvalue weighted by molar-refractivity contribution is -0.138. The second kappa shape index (κ2) is 3.40. The molecule has 1 aromatic carbocycles. The molecule has 0 radical (unpaired) electrons. The smallest absolute Gasteiger partial charge is 0.307 e. The molecule has 0 bridgehead atoms. The van der Waals surface area contributed by atoms with Gasteiger partial charge in [-0.05, 0) is 30.0 Å². The van der Waals surface area contributed by atoms with Gasteiger partial charge in [0.2, 0.25) is 0 Å². The summed E-state index contributed by atoms with van der Waals surface area (Å²) < 4.78 is 10.9. The first-order chi connectivity index (χ1) is 7.75. The van der Waals surface area contributed by atoms with Crippen molar-refractivity contribution in [3.05, 3.63) is 23.8 Å². The maximum Gasteiger partial charge on any atom is 0.307 e. The number of benzene rings is 1. The molecular weight excluding hydrogens is 208 g/mol. The van der Waals surface area contributed by atoms with E-state index in [2.05, 4.69) is 0 Å². The number of rotatable bonds is 2. The topological polar surface area (TPSA) is 55.8 Å². The van der Waals surface area contributed by atoms with Crippen LogP contribution in [0.25, 0.3) is 0 Å². The normalized spacial score (nSPS) is 26.2. The van der Waals surface area contributed by atoms with Crippen LogP contribution < -0.4 is 9.47 Å². The zero-order valence-electron chi connectivity index (χ0n) is 8.68. The summed E-state index contributed by atoms with van der Waals surface area (Å²) in [6.45, 7) is 1.14. The highest BCUT2D eigenvalue weighted by molar-refractivity contribution is 5.75. The predicted octanol–water partition coefficient (Wildman–Crippen LogP) is 1.65. The summed E-state index contributed by atoms with van der Waals surface area (Å²) in [7, 11) is 0. The molecule has 0 spiro atoms. The second-order valence-corrected chi connectivity index (χ2v) is 4.19. The summed E-state index contributed by atoms with van der Waals surface area (Å²) in [5.41, 5.74) is 1.04. The molecule has 1 N–H and O–H groups in total. The van der Waals surface area contributed by atoms with Crippen LogP contribution in [0.2, 0.25) is 0 Å². The van der Waals surface area contributed by atoms with Gasteiger partial charge in [0, 0.05) is 0 Å². The summed E-state index contributed by atoms with van der Waals surface area (Å²) in [5.74, 6) is 0.707. The Labute approximate surface area is 92.8 Å². The summed E-state index contributed by atoms with van der Waals surface area (Å²) in [6.07, 6.45) is 0.731. The number of carbonyl (C=O) groups is 1. The summed E-state index contributed by atoms with van der Waals surface area (Å²) in [6, 6.07) is 5.70. The average molecular weight is 220 g/mol. The van der Waals surface area contributed by atoms with Gasteiger partial charge < -0.3 is 14.6 Å². The number of hydrogen-bond acceptors (Lipinski definition) is 3. The van der Waals surface area contributed by atoms with Crippen LogP contribution in [0.1, 0.15) is 17.9 Å². The molecule has 1 aliphatic heterocycles. The van der Waals surface area contributed by atoms with Crippen molar-refractivity contribution in [3.63, 3.8) is 0 Å². The zero-order chi connectivity index (χ0) is 11.1. The van der Waals surface area contributed by atoms with Crippen molar-refractivity contribution in [1.82, 2.24) is 0 Å². The first-order valence-corrected chi connectivity index (χ1v) is 5.38. The van der Waals surface area contributed by atoms with Crippen molar-refractivity contribution in [2.75, 3.05) is 13.2 Å². The average Bonchev–Trinajstić information content (AvgIpc) is 3.08. The number of hydrogen-bond donors (Lipinski definition) is 1. The molecule has 4 nitrogen and oxygen atoms in total. The maximum absolute atomic E-state index is 10.8. The third-order valence-electron chi connectivity index (χ3n) is 3.10. The first kappa shape index (κ1) is 9.51. The Kier molecular flexibility index (Phi) is 2.02. The van der Waals surface area contributed by atoms with Gasteiger partial charge in [0.15, 0.2) is 11.5 Å². The third-order valence-corrected chi connectivity index (χ3v) is 3.10. The Morgan fingerprint density at radius 3 is 2.69 bits per heavy atom. The van der Waals surface area contributed by atoms with E-state index in [-0.39, 0.29) is 11.8 Å². The van der Waals surface area contributed by atoms with Crippen LogP contribution in [-0.4, -0.2) is 24.3 Å². The fraction of sp³-hybridized carbons (Fsp3) is 0.417. The van der Waals surface area contributed by atoms with Crippen LogP contribution in [0.5, 0.6) is 11.5 Å². The molecule has 84 valence electrons. The molecule has 4 heteroatoms. The summed E-state index contributed by atoms with van der Waals surface area (Å²) in [5, 5.41) is 8.87. The molecule has 2 atom stereocenters. The van der Waals surface area contributed by atoms with Crippen molar-refractivity contribution in [2.24, 2.45) is 5.92 Å². The molecule has 1 saturated carbocycles. The highest BCUT2D eigenvalue weighted by Gasteiger charge is 2.44. The lowest BCUT2D eigenvalue weighted by Gasteiger charge is -2.18. The van der Waals surface area contributed by atoms with E-state index >= 15 is 0 Å². The molecule has 0 unspecified atom stereocenters. The molecule has 2 aliphatic rings. The fourth-order valence-electron chi connectivity index (χ4n) is 2.13. The molecule has 1 fully saturated rings. The number of fused-ring (bicyclic) bond motifs is 1. The van der Waals surface area contributed by atoms with E-state index < -0.39 is 5.97 Å². The van der Waals surface area contributed by atoms with Crippen LogP contribution in [0.3, 0.4) is 0 Å². The highest BCUT2D eigenvalue weighted by atomic mass is 16.6. The van der Waals surface area contributed by atoms with E-state index in [1.807, 2.05) is 18.2 Å². The Balaban J connectivity index is 1.85. The van der Waals surface area contributed by atoms with Gasteiger partial charge >= 0.3 is 5.97 Å². The van der Waals surface area contributed by atoms with Gasteiger partial charge in [-0.25, -0.2) is 0 Å². The molecule has 16 heavy (non-hydrogen) atoms. The van der Waals surface area contributed by atoms with Gasteiger partial charge in [0.25, 0.3) is 0 Å². The van der Waals surface area contributed by atoms with Crippen molar-refractivity contribution < 1.29 is 19.4 Å².